The summed E-state index contributed by atoms with van der Waals surface area (Å²) in [4.78, 5) is 15.5. The zero-order chi connectivity index (χ0) is 20.4. The Morgan fingerprint density at radius 1 is 0.966 bits per heavy atom. The molecule has 0 N–H and O–H groups in total. The standard InChI is InChI=1S/C24H23NO3S/c1-29(27,28)21-12-7-11-20(17-21)24(26)25-15-14-19-10-5-6-13-22(19)23(25)16-18-8-3-2-4-9-18/h2-13,17,23H,14-16H2,1H3/t23-/m0/s1. The van der Waals surface area contributed by atoms with Crippen LogP contribution < -0.4 is 0 Å². The highest BCUT2D eigenvalue weighted by Crippen LogP contribution is 2.33. The van der Waals surface area contributed by atoms with Crippen molar-refractivity contribution in [1.29, 1.82) is 0 Å². The Kier molecular flexibility index (Phi) is 5.24. The average Bonchev–Trinajstić information content (AvgIpc) is 2.74. The van der Waals surface area contributed by atoms with E-state index in [1.165, 1.54) is 17.7 Å². The summed E-state index contributed by atoms with van der Waals surface area (Å²) in [5.41, 5.74) is 4.00. The lowest BCUT2D eigenvalue weighted by molar-refractivity contribution is 0.0659. The third kappa shape index (κ3) is 4.10. The van der Waals surface area contributed by atoms with Gasteiger partial charge in [0, 0.05) is 18.4 Å². The fourth-order valence-corrected chi connectivity index (χ4v) is 4.64. The first-order valence-electron chi connectivity index (χ1n) is 9.66. The van der Waals surface area contributed by atoms with E-state index in [9.17, 15) is 13.2 Å². The Morgan fingerprint density at radius 2 is 1.69 bits per heavy atom. The molecule has 0 aromatic heterocycles. The topological polar surface area (TPSA) is 54.5 Å². The molecule has 0 bridgehead atoms. The van der Waals surface area contributed by atoms with E-state index in [1.54, 1.807) is 12.1 Å². The molecule has 4 nitrogen and oxygen atoms in total. The molecule has 0 unspecified atom stereocenters. The first-order chi connectivity index (χ1) is 13.9. The Morgan fingerprint density at radius 3 is 2.45 bits per heavy atom. The first kappa shape index (κ1) is 19.4. The molecule has 0 radical (unpaired) electrons. The van der Waals surface area contributed by atoms with Crippen molar-refractivity contribution in [3.05, 3.63) is 101 Å². The minimum atomic E-state index is -3.37. The Labute approximate surface area is 171 Å². The van der Waals surface area contributed by atoms with Crippen molar-refractivity contribution in [1.82, 2.24) is 4.90 Å². The third-order valence-corrected chi connectivity index (χ3v) is 6.56. The molecule has 4 rings (SSSR count). The van der Waals surface area contributed by atoms with Gasteiger partial charge in [0.2, 0.25) is 0 Å². The van der Waals surface area contributed by atoms with Gasteiger partial charge in [-0.25, -0.2) is 8.42 Å². The molecule has 148 valence electrons. The molecule has 1 heterocycles. The van der Waals surface area contributed by atoms with Gasteiger partial charge in [-0.2, -0.15) is 0 Å². The van der Waals surface area contributed by atoms with Gasteiger partial charge in [-0.1, -0.05) is 60.7 Å². The lowest BCUT2D eigenvalue weighted by Crippen LogP contribution is -2.41. The molecule has 29 heavy (non-hydrogen) atoms. The Hall–Kier alpha value is -2.92. The number of fused-ring (bicyclic) bond motifs is 1. The second kappa shape index (κ2) is 7.84. The molecule has 0 aliphatic carbocycles. The normalized spacial score (nSPS) is 16.3. The fraction of sp³-hybridized carbons (Fsp3) is 0.208. The van der Waals surface area contributed by atoms with Crippen molar-refractivity contribution in [3.63, 3.8) is 0 Å². The van der Waals surface area contributed by atoms with Crippen LogP contribution in [0.5, 0.6) is 0 Å². The molecule has 3 aromatic carbocycles. The van der Waals surface area contributed by atoms with Gasteiger partial charge in [-0.15, -0.1) is 0 Å². The predicted molar refractivity (Wildman–Crippen MR) is 114 cm³/mol. The predicted octanol–water partition coefficient (Wildman–Crippen LogP) is 4.07. The smallest absolute Gasteiger partial charge is 0.254 e. The Balaban J connectivity index is 1.72. The van der Waals surface area contributed by atoms with Gasteiger partial charge in [0.05, 0.1) is 10.9 Å². The molecule has 0 saturated heterocycles. The van der Waals surface area contributed by atoms with E-state index in [0.717, 1.165) is 30.2 Å². The van der Waals surface area contributed by atoms with Crippen LogP contribution in [0.3, 0.4) is 0 Å². The van der Waals surface area contributed by atoms with Gasteiger partial charge >= 0.3 is 0 Å². The van der Waals surface area contributed by atoms with Gasteiger partial charge in [-0.05, 0) is 47.7 Å². The first-order valence-corrected chi connectivity index (χ1v) is 11.6. The van der Waals surface area contributed by atoms with Gasteiger partial charge in [0.1, 0.15) is 0 Å². The van der Waals surface area contributed by atoms with Gasteiger partial charge in [0.25, 0.3) is 5.91 Å². The number of benzene rings is 3. The number of nitrogens with zero attached hydrogens (tertiary/aromatic N) is 1. The van der Waals surface area contributed by atoms with Crippen LogP contribution in [0.15, 0.2) is 83.8 Å². The second-order valence-corrected chi connectivity index (χ2v) is 9.47. The molecule has 1 amide bonds. The molecule has 0 saturated carbocycles. The second-order valence-electron chi connectivity index (χ2n) is 7.45. The summed E-state index contributed by atoms with van der Waals surface area (Å²) in [6.45, 7) is 0.608. The van der Waals surface area contributed by atoms with E-state index >= 15 is 0 Å². The number of hydrogen-bond acceptors (Lipinski definition) is 3. The number of rotatable bonds is 4. The van der Waals surface area contributed by atoms with E-state index in [4.69, 9.17) is 0 Å². The highest BCUT2D eigenvalue weighted by atomic mass is 32.2. The number of carbonyl (C=O) groups is 1. The summed E-state index contributed by atoms with van der Waals surface area (Å²) in [7, 11) is -3.37. The zero-order valence-corrected chi connectivity index (χ0v) is 17.1. The lowest BCUT2D eigenvalue weighted by Gasteiger charge is -2.38. The summed E-state index contributed by atoms with van der Waals surface area (Å²) in [6, 6.07) is 24.7. The SMILES string of the molecule is CS(=O)(=O)c1cccc(C(=O)N2CCc3ccccc3[C@@H]2Cc2ccccc2)c1. The van der Waals surface area contributed by atoms with Crippen LogP contribution in [-0.4, -0.2) is 32.0 Å². The van der Waals surface area contributed by atoms with Crippen LogP contribution >= 0.6 is 0 Å². The van der Waals surface area contributed by atoms with Crippen LogP contribution in [0, 0.1) is 0 Å². The van der Waals surface area contributed by atoms with Crippen molar-refractivity contribution < 1.29 is 13.2 Å². The molecule has 0 spiro atoms. The summed E-state index contributed by atoms with van der Waals surface area (Å²) >= 11 is 0. The zero-order valence-electron chi connectivity index (χ0n) is 16.3. The number of hydrogen-bond donors (Lipinski definition) is 0. The average molecular weight is 406 g/mol. The molecular formula is C24H23NO3S. The van der Waals surface area contributed by atoms with Crippen LogP contribution in [0.1, 0.15) is 33.1 Å². The monoisotopic (exact) mass is 405 g/mol. The molecule has 1 aliphatic heterocycles. The maximum absolute atomic E-state index is 13.4. The van der Waals surface area contributed by atoms with E-state index in [0.29, 0.717) is 12.1 Å². The van der Waals surface area contributed by atoms with Gasteiger partial charge in [0.15, 0.2) is 9.84 Å². The van der Waals surface area contributed by atoms with Crippen molar-refractivity contribution in [2.75, 3.05) is 12.8 Å². The summed E-state index contributed by atoms with van der Waals surface area (Å²) in [6.07, 6.45) is 2.67. The number of carbonyl (C=O) groups excluding carboxylic acids is 1. The highest BCUT2D eigenvalue weighted by molar-refractivity contribution is 7.90. The Bertz CT molecular complexity index is 1140. The molecule has 1 atom stereocenters. The van der Waals surface area contributed by atoms with Crippen molar-refractivity contribution >= 4 is 15.7 Å². The summed E-state index contributed by atoms with van der Waals surface area (Å²) in [5.74, 6) is -0.133. The summed E-state index contributed by atoms with van der Waals surface area (Å²) < 4.78 is 23.9. The van der Waals surface area contributed by atoms with E-state index in [1.807, 2.05) is 35.2 Å². The molecular weight excluding hydrogens is 382 g/mol. The molecule has 5 heteroatoms. The van der Waals surface area contributed by atoms with Crippen LogP contribution in [-0.2, 0) is 22.7 Å². The minimum absolute atomic E-state index is 0.0864. The van der Waals surface area contributed by atoms with E-state index < -0.39 is 9.84 Å². The number of sulfone groups is 1. The van der Waals surface area contributed by atoms with Crippen LogP contribution in [0.2, 0.25) is 0 Å². The maximum Gasteiger partial charge on any atom is 0.254 e. The summed E-state index contributed by atoms with van der Waals surface area (Å²) in [5, 5.41) is 0. The fourth-order valence-electron chi connectivity index (χ4n) is 3.98. The van der Waals surface area contributed by atoms with E-state index in [2.05, 4.69) is 24.3 Å². The van der Waals surface area contributed by atoms with Gasteiger partial charge < -0.3 is 4.90 Å². The number of amides is 1. The molecule has 1 aliphatic rings. The van der Waals surface area contributed by atoms with Crippen LogP contribution in [0.25, 0.3) is 0 Å². The third-order valence-electron chi connectivity index (χ3n) is 5.45. The van der Waals surface area contributed by atoms with Gasteiger partial charge in [-0.3, -0.25) is 4.79 Å². The quantitative estimate of drug-likeness (QED) is 0.657. The lowest BCUT2D eigenvalue weighted by atomic mass is 9.88. The van der Waals surface area contributed by atoms with Crippen molar-refractivity contribution in [2.45, 2.75) is 23.8 Å². The van der Waals surface area contributed by atoms with E-state index in [-0.39, 0.29) is 16.8 Å². The molecule has 0 fully saturated rings. The van der Waals surface area contributed by atoms with Crippen molar-refractivity contribution in [2.24, 2.45) is 0 Å². The highest BCUT2D eigenvalue weighted by Gasteiger charge is 2.31. The maximum atomic E-state index is 13.4. The molecule has 3 aromatic rings. The van der Waals surface area contributed by atoms with Crippen molar-refractivity contribution in [3.8, 4) is 0 Å². The minimum Gasteiger partial charge on any atom is -0.331 e. The van der Waals surface area contributed by atoms with Crippen LogP contribution in [0.4, 0.5) is 0 Å². The largest absolute Gasteiger partial charge is 0.331 e.